The van der Waals surface area contributed by atoms with Gasteiger partial charge in [0.2, 0.25) is 16.9 Å². The minimum absolute atomic E-state index is 0.0393. The first-order valence-electron chi connectivity index (χ1n) is 13.5. The van der Waals surface area contributed by atoms with Gasteiger partial charge in [-0.15, -0.1) is 0 Å². The number of aliphatic carboxylic acids is 1. The maximum Gasteiger partial charge on any atom is 0.304 e. The first kappa shape index (κ1) is 28.0. The summed E-state index contributed by atoms with van der Waals surface area (Å²) in [6, 6.07) is 16.0. The molecule has 8 nitrogen and oxygen atoms in total. The Hall–Kier alpha value is -4.15. The molecular weight excluding hydrogens is 579 g/mol. The van der Waals surface area contributed by atoms with Crippen LogP contribution in [0.15, 0.2) is 60.8 Å². The lowest BCUT2D eigenvalue weighted by Gasteiger charge is -2.24. The summed E-state index contributed by atoms with van der Waals surface area (Å²) in [4.78, 5) is 49.9. The van der Waals surface area contributed by atoms with E-state index in [1.54, 1.807) is 31.4 Å². The summed E-state index contributed by atoms with van der Waals surface area (Å²) < 4.78 is 15.7. The fourth-order valence-electron chi connectivity index (χ4n) is 5.32. The van der Waals surface area contributed by atoms with E-state index in [-0.39, 0.29) is 47.9 Å². The molecule has 2 aromatic carbocycles. The van der Waals surface area contributed by atoms with Crippen LogP contribution in [0.2, 0.25) is 5.02 Å². The number of aromatic nitrogens is 2. The van der Waals surface area contributed by atoms with Crippen molar-refractivity contribution in [2.24, 2.45) is 5.92 Å². The van der Waals surface area contributed by atoms with Crippen LogP contribution >= 0.6 is 22.9 Å². The van der Waals surface area contributed by atoms with Gasteiger partial charge >= 0.3 is 5.97 Å². The summed E-state index contributed by atoms with van der Waals surface area (Å²) in [6.07, 6.45) is 3.21. The smallest absolute Gasteiger partial charge is 0.304 e. The van der Waals surface area contributed by atoms with Crippen LogP contribution in [-0.4, -0.2) is 45.9 Å². The van der Waals surface area contributed by atoms with Crippen LogP contribution in [0, 0.1) is 11.0 Å². The number of fused-ring (bicyclic) bond motifs is 1. The summed E-state index contributed by atoms with van der Waals surface area (Å²) in [6.45, 7) is 0. The molecule has 11 heteroatoms. The fraction of sp³-hybridized carbons (Fsp3) is 0.258. The van der Waals surface area contributed by atoms with Crippen molar-refractivity contribution in [1.82, 2.24) is 9.97 Å². The Bertz CT molecular complexity index is 1710. The highest BCUT2D eigenvalue weighted by Gasteiger charge is 2.40. The zero-order valence-corrected chi connectivity index (χ0v) is 24.2. The van der Waals surface area contributed by atoms with Crippen LogP contribution in [-0.2, 0) is 27.2 Å². The Balaban J connectivity index is 1.37. The number of nitrogens with zero attached hydrogens (tertiary/aromatic N) is 4. The Morgan fingerprint density at radius 3 is 2.64 bits per heavy atom. The minimum Gasteiger partial charge on any atom is -0.481 e. The van der Waals surface area contributed by atoms with Crippen molar-refractivity contribution in [1.29, 1.82) is 0 Å². The summed E-state index contributed by atoms with van der Waals surface area (Å²) >= 11 is 7.11. The molecule has 1 atom stereocenters. The van der Waals surface area contributed by atoms with Gasteiger partial charge in [0.1, 0.15) is 11.5 Å². The van der Waals surface area contributed by atoms with Crippen molar-refractivity contribution in [3.05, 3.63) is 82.1 Å². The number of likely N-dealkylation sites (N-methyl/N-ethyl adjacent to an activating group) is 1. The van der Waals surface area contributed by atoms with E-state index < -0.39 is 17.0 Å². The van der Waals surface area contributed by atoms with E-state index >= 15 is 4.39 Å². The third-order valence-electron chi connectivity index (χ3n) is 7.55. The van der Waals surface area contributed by atoms with Crippen LogP contribution in [0.5, 0.6) is 0 Å². The van der Waals surface area contributed by atoms with Crippen molar-refractivity contribution in [2.45, 2.75) is 38.1 Å². The zero-order valence-electron chi connectivity index (χ0n) is 22.6. The molecule has 0 radical (unpaired) electrons. The number of carboxylic acids is 1. The van der Waals surface area contributed by atoms with Gasteiger partial charge < -0.3 is 5.11 Å². The zero-order chi connectivity index (χ0) is 29.5. The van der Waals surface area contributed by atoms with Gasteiger partial charge in [0.15, 0.2) is 5.13 Å². The van der Waals surface area contributed by atoms with E-state index in [0.717, 1.165) is 35.3 Å². The van der Waals surface area contributed by atoms with Crippen LogP contribution in [0.4, 0.5) is 15.3 Å². The first-order chi connectivity index (χ1) is 20.2. The summed E-state index contributed by atoms with van der Waals surface area (Å²) in [7, 11) is 1.68. The van der Waals surface area contributed by atoms with Crippen molar-refractivity contribution < 1.29 is 23.9 Å². The lowest BCUT2D eigenvalue weighted by molar-refractivity contribution is -0.140. The van der Waals surface area contributed by atoms with Crippen LogP contribution in [0.1, 0.15) is 30.4 Å². The minimum atomic E-state index is -1.08. The van der Waals surface area contributed by atoms with Gasteiger partial charge in [0.05, 0.1) is 18.8 Å². The van der Waals surface area contributed by atoms with E-state index in [0.29, 0.717) is 27.5 Å². The molecular formula is C31H26ClFN4O4S. The van der Waals surface area contributed by atoms with E-state index in [4.69, 9.17) is 11.6 Å². The van der Waals surface area contributed by atoms with Gasteiger partial charge in [-0.2, -0.15) is 4.39 Å². The molecule has 1 aliphatic carbocycles. The predicted octanol–water partition coefficient (Wildman–Crippen LogP) is 6.01. The molecule has 2 aromatic heterocycles. The highest BCUT2D eigenvalue weighted by Crippen LogP contribution is 2.42. The lowest BCUT2D eigenvalue weighted by Crippen LogP contribution is -2.39. The summed E-state index contributed by atoms with van der Waals surface area (Å²) in [5, 5.41) is 9.56. The van der Waals surface area contributed by atoms with Crippen LogP contribution in [0.25, 0.3) is 22.4 Å². The summed E-state index contributed by atoms with van der Waals surface area (Å²) in [5.74, 6) is -1.76. The molecule has 0 spiro atoms. The molecule has 0 unspecified atom stereocenters. The maximum absolute atomic E-state index is 15.7. The number of hydrogen-bond acceptors (Lipinski definition) is 6. The van der Waals surface area contributed by atoms with Crippen LogP contribution < -0.4 is 9.80 Å². The van der Waals surface area contributed by atoms with E-state index in [1.807, 2.05) is 36.4 Å². The maximum atomic E-state index is 15.7. The second-order valence-corrected chi connectivity index (χ2v) is 11.9. The summed E-state index contributed by atoms with van der Waals surface area (Å²) in [5.41, 5.74) is 3.39. The SMILES string of the molecule is CN1C(=O)Cc2cc(-c3ccc(Cl)cc3-c3nc(N(C(=O)[C@@H](CC(=O)O)Cc4ccccc4)C4CC4)sc3F)cnc21. The second kappa shape index (κ2) is 11.3. The number of rotatable bonds is 9. The van der Waals surface area contributed by atoms with E-state index in [9.17, 15) is 19.5 Å². The molecule has 1 N–H and O–H groups in total. The van der Waals surface area contributed by atoms with Gasteiger partial charge in [-0.25, -0.2) is 9.97 Å². The third-order valence-corrected chi connectivity index (χ3v) is 8.63. The number of benzene rings is 2. The van der Waals surface area contributed by atoms with Crippen LogP contribution in [0.3, 0.4) is 0 Å². The molecule has 214 valence electrons. The number of carboxylic acid groups (broad SMARTS) is 1. The number of amides is 2. The molecule has 1 aliphatic heterocycles. The lowest BCUT2D eigenvalue weighted by atomic mass is 9.94. The topological polar surface area (TPSA) is 104 Å². The average molecular weight is 605 g/mol. The van der Waals surface area contributed by atoms with Gasteiger partial charge in [0.25, 0.3) is 0 Å². The van der Waals surface area contributed by atoms with Crippen molar-refractivity contribution in [2.75, 3.05) is 16.8 Å². The number of anilines is 2. The predicted molar refractivity (Wildman–Crippen MR) is 159 cm³/mol. The largest absolute Gasteiger partial charge is 0.481 e. The molecule has 3 heterocycles. The molecule has 1 fully saturated rings. The molecule has 2 amide bonds. The molecule has 6 rings (SSSR count). The van der Waals surface area contributed by atoms with Gasteiger partial charge in [0, 0.05) is 41.0 Å². The third kappa shape index (κ3) is 5.52. The first-order valence-corrected chi connectivity index (χ1v) is 14.7. The van der Waals surface area contributed by atoms with Crippen molar-refractivity contribution >= 4 is 51.7 Å². The Morgan fingerprint density at radius 1 is 1.17 bits per heavy atom. The quantitative estimate of drug-likeness (QED) is 0.251. The number of halogens is 2. The van der Waals surface area contributed by atoms with Gasteiger partial charge in [-0.3, -0.25) is 24.2 Å². The van der Waals surface area contributed by atoms with Crippen molar-refractivity contribution in [3.63, 3.8) is 0 Å². The molecule has 42 heavy (non-hydrogen) atoms. The normalized spacial score (nSPS) is 15.0. The standard InChI is InChI=1S/C31H26ClFN4O4S/c1-36-25(38)13-18-12-20(16-34-29(18)36)23-10-7-21(32)15-24(23)27-28(33)42-31(35-27)37(22-8-9-22)30(41)19(14-26(39)40)11-17-5-3-2-4-6-17/h2-7,10,12,15-16,19,22H,8-9,11,13-14H2,1H3,(H,39,40)/t19-/m1/s1. The Morgan fingerprint density at radius 2 is 1.93 bits per heavy atom. The molecule has 1 saturated carbocycles. The number of carbonyl (C=O) groups is 3. The average Bonchev–Trinajstić information content (AvgIpc) is 3.66. The van der Waals surface area contributed by atoms with Gasteiger partial charge in [-0.1, -0.05) is 59.3 Å². The highest BCUT2D eigenvalue weighted by molar-refractivity contribution is 7.14. The number of thiazole rings is 1. The fourth-order valence-corrected chi connectivity index (χ4v) is 6.38. The van der Waals surface area contributed by atoms with Crippen molar-refractivity contribution in [3.8, 4) is 22.4 Å². The Kier molecular flexibility index (Phi) is 7.51. The van der Waals surface area contributed by atoms with E-state index in [2.05, 4.69) is 9.97 Å². The number of pyridine rings is 1. The molecule has 4 aromatic rings. The molecule has 0 bridgehead atoms. The number of carbonyl (C=O) groups excluding carboxylic acids is 2. The monoisotopic (exact) mass is 604 g/mol. The molecule has 0 saturated heterocycles. The van der Waals surface area contributed by atoms with E-state index in [1.165, 1.54) is 9.80 Å². The second-order valence-electron chi connectivity index (χ2n) is 10.6. The highest BCUT2D eigenvalue weighted by atomic mass is 35.5. The van der Waals surface area contributed by atoms with Gasteiger partial charge in [-0.05, 0) is 48.6 Å². The Labute approximate surface area is 250 Å². The molecule has 2 aliphatic rings. The number of hydrogen-bond donors (Lipinski definition) is 1.